The fourth-order valence-electron chi connectivity index (χ4n) is 5.73. The highest BCUT2D eigenvalue weighted by atomic mass is 32.2. The molecule has 6 aromatic rings. The zero-order chi connectivity index (χ0) is 27.9. The standard InChI is InChI=1S/C30H30N6O3S/c1-18-5-10-22-23(17-35(26(22)13-18)16-19-6-7-19)29-32-24-11-9-21(40(38,39)31-2)15-27(24)36(29)20-8-12-25-28(14-20)34(4)30(37)33(25)3/h5,8-15,17,19,31H,6-7,16H2,1-4H3. The third-order valence-corrected chi connectivity index (χ3v) is 9.56. The van der Waals surface area contributed by atoms with Crippen molar-refractivity contribution in [2.75, 3.05) is 7.05 Å². The molecule has 1 aliphatic rings. The molecule has 10 heteroatoms. The molecule has 0 saturated heterocycles. The number of fused-ring (bicyclic) bond motifs is 3. The van der Waals surface area contributed by atoms with E-state index >= 15 is 0 Å². The summed E-state index contributed by atoms with van der Waals surface area (Å²) >= 11 is 0. The molecule has 40 heavy (non-hydrogen) atoms. The molecule has 0 radical (unpaired) electrons. The average Bonchev–Trinajstić information content (AvgIpc) is 3.54. The number of nitrogens with one attached hydrogen (secondary N) is 1. The first-order chi connectivity index (χ1) is 19.2. The second kappa shape index (κ2) is 8.67. The molecule has 0 unspecified atom stereocenters. The molecule has 3 aromatic carbocycles. The minimum atomic E-state index is -3.67. The lowest BCUT2D eigenvalue weighted by atomic mass is 10.1. The predicted octanol–water partition coefficient (Wildman–Crippen LogP) is 4.46. The van der Waals surface area contributed by atoms with Crippen LogP contribution in [0.5, 0.6) is 0 Å². The Morgan fingerprint density at radius 2 is 1.70 bits per heavy atom. The van der Waals surface area contributed by atoms with Crippen molar-refractivity contribution in [1.82, 2.24) is 28.0 Å². The zero-order valence-corrected chi connectivity index (χ0v) is 23.7. The third kappa shape index (κ3) is 3.74. The van der Waals surface area contributed by atoms with Crippen LogP contribution in [0.1, 0.15) is 18.4 Å². The van der Waals surface area contributed by atoms with E-state index in [9.17, 15) is 13.2 Å². The maximum Gasteiger partial charge on any atom is 0.328 e. The molecule has 0 atom stereocenters. The summed E-state index contributed by atoms with van der Waals surface area (Å²) in [5, 5.41) is 1.10. The van der Waals surface area contributed by atoms with Crippen molar-refractivity contribution in [3.8, 4) is 17.1 Å². The van der Waals surface area contributed by atoms with Gasteiger partial charge in [0, 0.05) is 49.0 Å². The minimum Gasteiger partial charge on any atom is -0.346 e. The van der Waals surface area contributed by atoms with Gasteiger partial charge in [-0.3, -0.25) is 13.7 Å². The number of aromatic nitrogens is 5. The van der Waals surface area contributed by atoms with Gasteiger partial charge in [-0.05, 0) is 80.8 Å². The Kier molecular flexibility index (Phi) is 5.39. The topological polar surface area (TPSA) is 95.8 Å². The van der Waals surface area contributed by atoms with Gasteiger partial charge in [0.2, 0.25) is 10.0 Å². The number of rotatable bonds is 6. The first-order valence-electron chi connectivity index (χ1n) is 13.4. The van der Waals surface area contributed by atoms with E-state index in [0.29, 0.717) is 17.0 Å². The van der Waals surface area contributed by atoms with Crippen molar-refractivity contribution in [2.45, 2.75) is 31.2 Å². The fourth-order valence-corrected chi connectivity index (χ4v) is 6.48. The molecule has 1 fully saturated rings. The summed E-state index contributed by atoms with van der Waals surface area (Å²) < 4.78 is 35.5. The van der Waals surface area contributed by atoms with Gasteiger partial charge < -0.3 is 4.57 Å². The Hall–Kier alpha value is -4.15. The monoisotopic (exact) mass is 554 g/mol. The number of benzene rings is 3. The van der Waals surface area contributed by atoms with Crippen molar-refractivity contribution < 1.29 is 8.42 Å². The van der Waals surface area contributed by atoms with Crippen molar-refractivity contribution in [3.63, 3.8) is 0 Å². The number of nitrogens with zero attached hydrogens (tertiary/aromatic N) is 5. The summed E-state index contributed by atoms with van der Waals surface area (Å²) in [6.45, 7) is 3.06. The lowest BCUT2D eigenvalue weighted by Crippen LogP contribution is -2.19. The largest absolute Gasteiger partial charge is 0.346 e. The molecule has 204 valence electrons. The maximum absolute atomic E-state index is 12.8. The molecule has 0 bridgehead atoms. The predicted molar refractivity (Wildman–Crippen MR) is 157 cm³/mol. The molecule has 7 rings (SSSR count). The molecular weight excluding hydrogens is 524 g/mol. The van der Waals surface area contributed by atoms with E-state index in [0.717, 1.165) is 40.0 Å². The van der Waals surface area contributed by atoms with Crippen LogP contribution in [-0.4, -0.2) is 38.7 Å². The van der Waals surface area contributed by atoms with Gasteiger partial charge in [0.25, 0.3) is 0 Å². The highest BCUT2D eigenvalue weighted by molar-refractivity contribution is 7.89. The van der Waals surface area contributed by atoms with Crippen LogP contribution in [0.3, 0.4) is 0 Å². The molecule has 3 aromatic heterocycles. The third-order valence-electron chi connectivity index (χ3n) is 8.15. The summed E-state index contributed by atoms with van der Waals surface area (Å²) in [7, 11) is 1.25. The average molecular weight is 555 g/mol. The van der Waals surface area contributed by atoms with Crippen molar-refractivity contribution >= 4 is 43.0 Å². The highest BCUT2D eigenvalue weighted by Gasteiger charge is 2.25. The van der Waals surface area contributed by atoms with Gasteiger partial charge >= 0.3 is 5.69 Å². The Balaban J connectivity index is 1.56. The zero-order valence-electron chi connectivity index (χ0n) is 22.8. The number of imidazole rings is 2. The van der Waals surface area contributed by atoms with Gasteiger partial charge in [0.15, 0.2) is 0 Å². The van der Waals surface area contributed by atoms with Gasteiger partial charge in [0.1, 0.15) is 5.82 Å². The van der Waals surface area contributed by atoms with Gasteiger partial charge in [0.05, 0.1) is 27.0 Å². The quantitative estimate of drug-likeness (QED) is 0.329. The smallest absolute Gasteiger partial charge is 0.328 e. The van der Waals surface area contributed by atoms with Gasteiger partial charge in [-0.2, -0.15) is 0 Å². The molecule has 0 amide bonds. The van der Waals surface area contributed by atoms with Crippen LogP contribution in [0, 0.1) is 12.8 Å². The summed E-state index contributed by atoms with van der Waals surface area (Å²) in [6, 6.07) is 17.3. The number of hydrogen-bond donors (Lipinski definition) is 1. The van der Waals surface area contributed by atoms with Crippen LogP contribution >= 0.6 is 0 Å². The van der Waals surface area contributed by atoms with Crippen molar-refractivity contribution in [2.24, 2.45) is 20.0 Å². The summed E-state index contributed by atoms with van der Waals surface area (Å²) in [5.41, 5.74) is 6.97. The molecule has 1 aliphatic carbocycles. The second-order valence-corrected chi connectivity index (χ2v) is 12.7. The van der Waals surface area contributed by atoms with Crippen LogP contribution in [0.25, 0.3) is 50.0 Å². The summed E-state index contributed by atoms with van der Waals surface area (Å²) in [5.74, 6) is 1.41. The van der Waals surface area contributed by atoms with E-state index in [-0.39, 0.29) is 10.6 Å². The fraction of sp³-hybridized carbons (Fsp3) is 0.267. The Labute approximate surface area is 231 Å². The Bertz CT molecular complexity index is 2160. The Morgan fingerprint density at radius 3 is 2.45 bits per heavy atom. The molecule has 0 spiro atoms. The number of hydrogen-bond acceptors (Lipinski definition) is 4. The van der Waals surface area contributed by atoms with E-state index < -0.39 is 10.0 Å². The van der Waals surface area contributed by atoms with E-state index in [1.807, 2.05) is 22.8 Å². The first-order valence-corrected chi connectivity index (χ1v) is 14.9. The molecule has 1 N–H and O–H groups in total. The molecule has 1 saturated carbocycles. The van der Waals surface area contributed by atoms with E-state index in [1.54, 1.807) is 41.4 Å². The minimum absolute atomic E-state index is 0.108. The second-order valence-electron chi connectivity index (χ2n) is 10.9. The van der Waals surface area contributed by atoms with E-state index in [2.05, 4.69) is 40.6 Å². The lowest BCUT2D eigenvalue weighted by Gasteiger charge is -2.11. The van der Waals surface area contributed by atoms with E-state index in [4.69, 9.17) is 4.98 Å². The molecular formula is C30H30N6O3S. The molecule has 9 nitrogen and oxygen atoms in total. The highest BCUT2D eigenvalue weighted by Crippen LogP contribution is 2.38. The SMILES string of the molecule is CNS(=O)(=O)c1ccc2nc(-c3cn(CC4CC4)c4cc(C)ccc34)n(-c3ccc4c(c3)n(C)c(=O)n4C)c2c1. The van der Waals surface area contributed by atoms with Crippen LogP contribution in [-0.2, 0) is 30.7 Å². The maximum atomic E-state index is 12.8. The van der Waals surface area contributed by atoms with Crippen molar-refractivity contribution in [1.29, 1.82) is 0 Å². The van der Waals surface area contributed by atoms with Crippen LogP contribution in [0.2, 0.25) is 0 Å². The number of sulfonamides is 1. The normalized spacial score (nSPS) is 14.2. The van der Waals surface area contributed by atoms with Crippen LogP contribution in [0.15, 0.2) is 70.5 Å². The van der Waals surface area contributed by atoms with Crippen molar-refractivity contribution in [3.05, 3.63) is 76.8 Å². The van der Waals surface area contributed by atoms with E-state index in [1.165, 1.54) is 31.0 Å². The summed E-state index contributed by atoms with van der Waals surface area (Å²) in [4.78, 5) is 17.9. The number of aryl methyl sites for hydroxylation is 3. The van der Waals surface area contributed by atoms with Gasteiger partial charge in [-0.1, -0.05) is 12.1 Å². The first kappa shape index (κ1) is 24.9. The van der Waals surface area contributed by atoms with Gasteiger partial charge in [-0.25, -0.2) is 22.9 Å². The molecule has 0 aliphatic heterocycles. The van der Waals surface area contributed by atoms with Gasteiger partial charge in [-0.15, -0.1) is 0 Å². The van der Waals surface area contributed by atoms with Crippen LogP contribution < -0.4 is 10.4 Å². The molecule has 3 heterocycles. The lowest BCUT2D eigenvalue weighted by molar-refractivity contribution is 0.588. The summed E-state index contributed by atoms with van der Waals surface area (Å²) in [6.07, 6.45) is 4.68. The van der Waals surface area contributed by atoms with Crippen LogP contribution in [0.4, 0.5) is 0 Å². The Morgan fingerprint density at radius 1 is 0.925 bits per heavy atom.